The third-order valence-electron chi connectivity index (χ3n) is 7.10. The van der Waals surface area contributed by atoms with E-state index in [9.17, 15) is 35.9 Å². The van der Waals surface area contributed by atoms with E-state index in [4.69, 9.17) is 10.5 Å². The van der Waals surface area contributed by atoms with E-state index in [0.717, 1.165) is 11.0 Å². The van der Waals surface area contributed by atoms with Crippen LogP contribution in [0.1, 0.15) is 36.0 Å². The molecule has 0 spiro atoms. The van der Waals surface area contributed by atoms with Crippen LogP contribution in [0.15, 0.2) is 36.5 Å². The highest BCUT2D eigenvalue weighted by atomic mass is 19.4. The number of amides is 2. The van der Waals surface area contributed by atoms with E-state index < -0.39 is 42.3 Å². The molecule has 212 valence electrons. The second-order valence-corrected chi connectivity index (χ2v) is 9.87. The molecular formula is C26H28F6N4O3. The molecule has 7 nitrogen and oxygen atoms in total. The number of carbonyl (C=O) groups is 2. The van der Waals surface area contributed by atoms with Crippen molar-refractivity contribution in [2.24, 2.45) is 11.7 Å². The Hall–Kier alpha value is -3.35. The van der Waals surface area contributed by atoms with E-state index >= 15 is 0 Å². The molecular weight excluding hydrogens is 530 g/mol. The number of ether oxygens (including phenoxy) is 1. The van der Waals surface area contributed by atoms with E-state index in [1.165, 1.54) is 23.2 Å². The third kappa shape index (κ3) is 6.63. The molecule has 2 fully saturated rings. The normalized spacial score (nSPS) is 19.3. The first-order valence-electron chi connectivity index (χ1n) is 12.5. The number of pyridine rings is 1. The summed E-state index contributed by atoms with van der Waals surface area (Å²) in [6, 6.07) is 6.40. The lowest BCUT2D eigenvalue weighted by molar-refractivity contribution is -0.287. The standard InChI is InChI=1S/C26H28F6N4O3/c27-20-12-17(24(38)36-9-1-2-22(36)23(33)37)3-5-19(20)21-6-4-18(13-34-21)39-14-16-7-10-35(11-8-16)15-25(28,29)26(30,31)32/h3-6,12-13,16,22H,1-2,7-11,14-15H2,(H2,33,37). The summed E-state index contributed by atoms with van der Waals surface area (Å²) < 4.78 is 84.4. The SMILES string of the molecule is NC(=O)C1CCCN1C(=O)c1ccc(-c2ccc(OCC3CCN(CC(F)(F)C(F)(F)F)CC3)cn2)c(F)c1. The molecule has 1 aromatic heterocycles. The van der Waals surface area contributed by atoms with Crippen LogP contribution in [-0.4, -0.2) is 77.5 Å². The van der Waals surface area contributed by atoms with Gasteiger partial charge in [0.25, 0.3) is 5.91 Å². The average Bonchev–Trinajstić information content (AvgIpc) is 3.38. The molecule has 1 atom stereocenters. The van der Waals surface area contributed by atoms with E-state index in [1.807, 2.05) is 0 Å². The van der Waals surface area contributed by atoms with Crippen LogP contribution in [0.4, 0.5) is 26.3 Å². The Balaban J connectivity index is 1.30. The van der Waals surface area contributed by atoms with E-state index in [2.05, 4.69) is 4.98 Å². The quantitative estimate of drug-likeness (QED) is 0.489. The lowest BCUT2D eigenvalue weighted by Crippen LogP contribution is -2.49. The Labute approximate surface area is 220 Å². The summed E-state index contributed by atoms with van der Waals surface area (Å²) in [5.41, 5.74) is 5.92. The summed E-state index contributed by atoms with van der Waals surface area (Å²) in [5, 5.41) is 0. The van der Waals surface area contributed by atoms with Gasteiger partial charge in [-0.25, -0.2) is 4.39 Å². The fourth-order valence-electron chi connectivity index (χ4n) is 4.85. The fourth-order valence-corrected chi connectivity index (χ4v) is 4.85. The van der Waals surface area contributed by atoms with E-state index in [0.29, 0.717) is 43.7 Å². The third-order valence-corrected chi connectivity index (χ3v) is 7.10. The highest BCUT2D eigenvalue weighted by Gasteiger charge is 2.58. The molecule has 2 saturated heterocycles. The maximum Gasteiger partial charge on any atom is 0.454 e. The van der Waals surface area contributed by atoms with Crippen LogP contribution < -0.4 is 10.5 Å². The monoisotopic (exact) mass is 558 g/mol. The molecule has 0 saturated carbocycles. The van der Waals surface area contributed by atoms with Gasteiger partial charge in [-0.1, -0.05) is 0 Å². The lowest BCUT2D eigenvalue weighted by Gasteiger charge is -2.34. The molecule has 13 heteroatoms. The van der Waals surface area contributed by atoms with Crippen LogP contribution in [0.25, 0.3) is 11.3 Å². The summed E-state index contributed by atoms with van der Waals surface area (Å²) in [4.78, 5) is 31.0. The molecule has 0 bridgehead atoms. The van der Waals surface area contributed by atoms with Crippen LogP contribution in [0.2, 0.25) is 0 Å². The molecule has 2 N–H and O–H groups in total. The highest BCUT2D eigenvalue weighted by molar-refractivity contribution is 5.98. The smallest absolute Gasteiger partial charge is 0.454 e. The first-order chi connectivity index (χ1) is 18.4. The Kier molecular flexibility index (Phi) is 8.38. The minimum absolute atomic E-state index is 0.0206. The Morgan fingerprint density at radius 1 is 1.03 bits per heavy atom. The van der Waals surface area contributed by atoms with Crippen molar-refractivity contribution in [1.29, 1.82) is 0 Å². The summed E-state index contributed by atoms with van der Waals surface area (Å²) in [6.45, 7) is -0.539. The predicted molar refractivity (Wildman–Crippen MR) is 129 cm³/mol. The predicted octanol–water partition coefficient (Wildman–Crippen LogP) is 4.27. The number of primary amides is 1. The maximum absolute atomic E-state index is 14.9. The van der Waals surface area contributed by atoms with Crippen LogP contribution in [0.5, 0.6) is 5.75 Å². The molecule has 2 amide bonds. The maximum atomic E-state index is 14.9. The minimum atomic E-state index is -5.57. The van der Waals surface area contributed by atoms with Crippen LogP contribution in [0, 0.1) is 11.7 Å². The number of nitrogens with zero attached hydrogens (tertiary/aromatic N) is 3. The summed E-state index contributed by atoms with van der Waals surface area (Å²) >= 11 is 0. The zero-order valence-electron chi connectivity index (χ0n) is 20.9. The average molecular weight is 559 g/mol. The number of nitrogens with two attached hydrogens (primary N) is 1. The van der Waals surface area contributed by atoms with Gasteiger partial charge in [0.2, 0.25) is 5.91 Å². The first-order valence-corrected chi connectivity index (χ1v) is 12.5. The van der Waals surface area contributed by atoms with Gasteiger partial charge in [-0.05, 0) is 75.0 Å². The Bertz CT molecular complexity index is 1180. The zero-order chi connectivity index (χ0) is 28.4. The lowest BCUT2D eigenvalue weighted by atomic mass is 9.97. The second kappa shape index (κ2) is 11.4. The van der Waals surface area contributed by atoms with Crippen LogP contribution >= 0.6 is 0 Å². The Morgan fingerprint density at radius 2 is 1.74 bits per heavy atom. The number of alkyl halides is 5. The molecule has 2 aromatic rings. The number of hydrogen-bond acceptors (Lipinski definition) is 5. The van der Waals surface area contributed by atoms with Gasteiger partial charge in [0.1, 0.15) is 17.6 Å². The molecule has 0 radical (unpaired) electrons. The van der Waals surface area contributed by atoms with Crippen LogP contribution in [-0.2, 0) is 4.79 Å². The molecule has 1 aromatic carbocycles. The molecule has 4 rings (SSSR count). The van der Waals surface area contributed by atoms with Gasteiger partial charge in [-0.2, -0.15) is 22.0 Å². The zero-order valence-corrected chi connectivity index (χ0v) is 20.9. The number of rotatable bonds is 8. The largest absolute Gasteiger partial charge is 0.492 e. The number of piperidine rings is 1. The molecule has 2 aliphatic rings. The number of carbonyl (C=O) groups excluding carboxylic acids is 2. The molecule has 39 heavy (non-hydrogen) atoms. The van der Waals surface area contributed by atoms with Gasteiger partial charge in [0.05, 0.1) is 25.0 Å². The summed E-state index contributed by atoms with van der Waals surface area (Å²) in [5.74, 6) is -6.11. The summed E-state index contributed by atoms with van der Waals surface area (Å²) in [7, 11) is 0. The second-order valence-electron chi connectivity index (χ2n) is 9.87. The number of aromatic nitrogens is 1. The minimum Gasteiger partial charge on any atom is -0.492 e. The molecule has 3 heterocycles. The Morgan fingerprint density at radius 3 is 2.33 bits per heavy atom. The molecule has 2 aliphatic heterocycles. The topological polar surface area (TPSA) is 88.8 Å². The van der Waals surface area contributed by atoms with Gasteiger partial charge in [0, 0.05) is 17.7 Å². The van der Waals surface area contributed by atoms with Gasteiger partial charge in [-0.3, -0.25) is 19.5 Å². The van der Waals surface area contributed by atoms with Gasteiger partial charge in [-0.15, -0.1) is 0 Å². The number of halogens is 6. The fraction of sp³-hybridized carbons (Fsp3) is 0.500. The number of benzene rings is 1. The van der Waals surface area contributed by atoms with Gasteiger partial charge in [0.15, 0.2) is 0 Å². The van der Waals surface area contributed by atoms with Gasteiger partial charge < -0.3 is 15.4 Å². The van der Waals surface area contributed by atoms with Crippen molar-refractivity contribution < 1.29 is 40.7 Å². The van der Waals surface area contributed by atoms with Crippen molar-refractivity contribution in [2.45, 2.75) is 43.8 Å². The van der Waals surface area contributed by atoms with Crippen molar-refractivity contribution in [3.63, 3.8) is 0 Å². The molecule has 1 unspecified atom stereocenters. The van der Waals surface area contributed by atoms with Gasteiger partial charge >= 0.3 is 12.1 Å². The number of likely N-dealkylation sites (tertiary alicyclic amines) is 2. The van der Waals surface area contributed by atoms with E-state index in [-0.39, 0.29) is 36.7 Å². The highest BCUT2D eigenvalue weighted by Crippen LogP contribution is 2.36. The van der Waals surface area contributed by atoms with E-state index in [1.54, 1.807) is 12.1 Å². The first kappa shape index (κ1) is 28.7. The number of hydrogen-bond donors (Lipinski definition) is 1. The van der Waals surface area contributed by atoms with Crippen molar-refractivity contribution in [3.05, 3.63) is 47.9 Å². The van der Waals surface area contributed by atoms with Crippen molar-refractivity contribution >= 4 is 11.8 Å². The van der Waals surface area contributed by atoms with Crippen molar-refractivity contribution in [1.82, 2.24) is 14.8 Å². The van der Waals surface area contributed by atoms with Crippen molar-refractivity contribution in [2.75, 3.05) is 32.8 Å². The summed E-state index contributed by atoms with van der Waals surface area (Å²) in [6.07, 6.45) is -2.24. The van der Waals surface area contributed by atoms with Crippen LogP contribution in [0.3, 0.4) is 0 Å². The van der Waals surface area contributed by atoms with Crippen molar-refractivity contribution in [3.8, 4) is 17.0 Å². The molecule has 0 aliphatic carbocycles.